The van der Waals surface area contributed by atoms with Crippen LogP contribution in [0.4, 0.5) is 14.9 Å². The summed E-state index contributed by atoms with van der Waals surface area (Å²) in [5, 5.41) is 12.1. The van der Waals surface area contributed by atoms with Crippen molar-refractivity contribution >= 4 is 23.6 Å². The zero-order valence-electron chi connectivity index (χ0n) is 17.6. The molecular formula is C22H31FN4O4. The Morgan fingerprint density at radius 3 is 2.35 bits per heavy atom. The van der Waals surface area contributed by atoms with E-state index in [1.54, 1.807) is 4.90 Å². The van der Waals surface area contributed by atoms with Crippen LogP contribution in [0.3, 0.4) is 0 Å². The third-order valence-electron chi connectivity index (χ3n) is 6.52. The molecule has 2 heterocycles. The fraction of sp³-hybridized carbons (Fsp3) is 0.591. The third kappa shape index (κ3) is 6.65. The number of carbonyl (C=O) groups is 3. The molecule has 3 rings (SSSR count). The smallest absolute Gasteiger partial charge is 0.321 e. The van der Waals surface area contributed by atoms with Crippen molar-refractivity contribution in [1.82, 2.24) is 9.80 Å². The lowest BCUT2D eigenvalue weighted by atomic mass is 9.81. The second-order valence-corrected chi connectivity index (χ2v) is 8.60. The van der Waals surface area contributed by atoms with Gasteiger partial charge in [-0.05, 0) is 81.4 Å². The first-order chi connectivity index (χ1) is 14.8. The summed E-state index contributed by atoms with van der Waals surface area (Å²) >= 11 is 0. The molecule has 0 radical (unpaired) electrons. The van der Waals surface area contributed by atoms with E-state index in [1.165, 1.54) is 24.3 Å². The number of urea groups is 1. The number of likely N-dealkylation sites (tertiary alicyclic amines) is 2. The number of nitrogens with zero attached hydrogens (tertiary/aromatic N) is 2. The van der Waals surface area contributed by atoms with Crippen LogP contribution >= 0.6 is 0 Å². The predicted octanol–water partition coefficient (Wildman–Crippen LogP) is 2.36. The van der Waals surface area contributed by atoms with E-state index in [1.807, 2.05) is 0 Å². The molecule has 2 fully saturated rings. The van der Waals surface area contributed by atoms with E-state index in [0.29, 0.717) is 25.2 Å². The van der Waals surface area contributed by atoms with Gasteiger partial charge in [0.2, 0.25) is 5.91 Å². The van der Waals surface area contributed by atoms with Gasteiger partial charge in [-0.25, -0.2) is 9.18 Å². The van der Waals surface area contributed by atoms with Gasteiger partial charge < -0.3 is 26.0 Å². The molecule has 0 aliphatic carbocycles. The molecule has 4 N–H and O–H groups in total. The number of hydrogen-bond donors (Lipinski definition) is 3. The Labute approximate surface area is 181 Å². The fourth-order valence-corrected chi connectivity index (χ4v) is 4.61. The minimum absolute atomic E-state index is 0.0236. The van der Waals surface area contributed by atoms with Crippen LogP contribution in [0, 0.1) is 23.6 Å². The molecule has 1 aromatic carbocycles. The Morgan fingerprint density at radius 2 is 1.74 bits per heavy atom. The van der Waals surface area contributed by atoms with Gasteiger partial charge in [-0.15, -0.1) is 0 Å². The van der Waals surface area contributed by atoms with Crippen LogP contribution in [0.15, 0.2) is 24.3 Å². The van der Waals surface area contributed by atoms with Gasteiger partial charge in [0, 0.05) is 31.1 Å². The number of aliphatic carboxylic acids is 1. The second kappa shape index (κ2) is 10.6. The maximum Gasteiger partial charge on any atom is 0.321 e. The molecular weight excluding hydrogens is 403 g/mol. The van der Waals surface area contributed by atoms with Crippen LogP contribution in [0.1, 0.15) is 32.1 Å². The summed E-state index contributed by atoms with van der Waals surface area (Å²) in [7, 11) is 0. The topological polar surface area (TPSA) is 116 Å². The lowest BCUT2D eigenvalue weighted by molar-refractivity contribution is -0.139. The first-order valence-corrected chi connectivity index (χ1v) is 10.9. The number of benzene rings is 1. The monoisotopic (exact) mass is 434 g/mol. The van der Waals surface area contributed by atoms with Crippen LogP contribution in [-0.4, -0.2) is 65.5 Å². The molecule has 2 unspecified atom stereocenters. The molecule has 170 valence electrons. The van der Waals surface area contributed by atoms with Crippen molar-refractivity contribution in [3.05, 3.63) is 30.1 Å². The van der Waals surface area contributed by atoms with Gasteiger partial charge in [0.05, 0.1) is 0 Å². The number of rotatable bonds is 7. The molecule has 2 aliphatic heterocycles. The molecule has 2 saturated heterocycles. The van der Waals surface area contributed by atoms with E-state index in [-0.39, 0.29) is 41.9 Å². The molecule has 0 saturated carbocycles. The SMILES string of the molecule is NC(=O)C1CCN(CCC2CN(C(=O)Nc3ccc(F)cc3)CCC2CC(=O)O)CC1. The number of halogens is 1. The van der Waals surface area contributed by atoms with E-state index < -0.39 is 5.97 Å². The van der Waals surface area contributed by atoms with E-state index in [4.69, 9.17) is 5.73 Å². The van der Waals surface area contributed by atoms with Gasteiger partial charge in [-0.1, -0.05) is 0 Å². The van der Waals surface area contributed by atoms with Crippen molar-refractivity contribution in [2.45, 2.75) is 32.1 Å². The molecule has 2 aliphatic rings. The van der Waals surface area contributed by atoms with Crippen LogP contribution in [0.25, 0.3) is 0 Å². The Balaban J connectivity index is 1.55. The van der Waals surface area contributed by atoms with E-state index in [9.17, 15) is 23.9 Å². The normalized spacial score (nSPS) is 22.8. The molecule has 0 bridgehead atoms. The van der Waals surface area contributed by atoms with E-state index in [0.717, 1.165) is 38.9 Å². The van der Waals surface area contributed by atoms with Gasteiger partial charge in [-0.2, -0.15) is 0 Å². The number of primary amides is 1. The minimum atomic E-state index is -0.818. The largest absolute Gasteiger partial charge is 0.481 e. The van der Waals surface area contributed by atoms with Crippen molar-refractivity contribution in [2.75, 3.05) is 38.0 Å². The van der Waals surface area contributed by atoms with Crippen LogP contribution in [-0.2, 0) is 9.59 Å². The maximum atomic E-state index is 13.1. The summed E-state index contributed by atoms with van der Waals surface area (Å²) < 4.78 is 13.1. The van der Waals surface area contributed by atoms with Crippen molar-refractivity contribution < 1.29 is 23.9 Å². The quantitative estimate of drug-likeness (QED) is 0.609. The van der Waals surface area contributed by atoms with E-state index >= 15 is 0 Å². The number of amides is 3. The Bertz CT molecular complexity index is 780. The molecule has 31 heavy (non-hydrogen) atoms. The van der Waals surface area contributed by atoms with Crippen molar-refractivity contribution in [1.29, 1.82) is 0 Å². The van der Waals surface area contributed by atoms with Gasteiger partial charge in [0.15, 0.2) is 0 Å². The fourth-order valence-electron chi connectivity index (χ4n) is 4.61. The van der Waals surface area contributed by atoms with Crippen molar-refractivity contribution in [2.24, 2.45) is 23.5 Å². The standard InChI is InChI=1S/C22H31FN4O4/c23-18-1-3-19(4-2-18)25-22(31)27-12-8-16(13-20(28)29)17(14-27)7-11-26-9-5-15(6-10-26)21(24)30/h1-4,15-17H,5-14H2,(H2,24,30)(H,25,31)(H,28,29). The molecule has 3 amide bonds. The van der Waals surface area contributed by atoms with Gasteiger partial charge in [0.25, 0.3) is 0 Å². The number of piperidine rings is 2. The lowest BCUT2D eigenvalue weighted by Crippen LogP contribution is -2.47. The van der Waals surface area contributed by atoms with Crippen molar-refractivity contribution in [3.63, 3.8) is 0 Å². The maximum absolute atomic E-state index is 13.1. The Morgan fingerprint density at radius 1 is 1.06 bits per heavy atom. The van der Waals surface area contributed by atoms with Crippen molar-refractivity contribution in [3.8, 4) is 0 Å². The minimum Gasteiger partial charge on any atom is -0.481 e. The molecule has 1 aromatic rings. The highest BCUT2D eigenvalue weighted by Crippen LogP contribution is 2.30. The summed E-state index contributed by atoms with van der Waals surface area (Å²) in [5.74, 6) is -1.38. The van der Waals surface area contributed by atoms with Gasteiger partial charge in [-0.3, -0.25) is 9.59 Å². The Hall–Kier alpha value is -2.68. The predicted molar refractivity (Wildman–Crippen MR) is 114 cm³/mol. The van der Waals surface area contributed by atoms with Gasteiger partial charge in [0.1, 0.15) is 5.82 Å². The number of hydrogen-bond acceptors (Lipinski definition) is 4. The number of anilines is 1. The van der Waals surface area contributed by atoms with Crippen LogP contribution < -0.4 is 11.1 Å². The summed E-state index contributed by atoms with van der Waals surface area (Å²) in [6.07, 6.45) is 3.04. The number of nitrogens with one attached hydrogen (secondary N) is 1. The zero-order valence-corrected chi connectivity index (χ0v) is 17.6. The Kier molecular flexibility index (Phi) is 7.84. The second-order valence-electron chi connectivity index (χ2n) is 8.60. The summed E-state index contributed by atoms with van der Waals surface area (Å²) in [6.45, 7) is 3.39. The highest BCUT2D eigenvalue weighted by molar-refractivity contribution is 5.89. The van der Waals surface area contributed by atoms with Crippen LogP contribution in [0.5, 0.6) is 0 Å². The number of carboxylic acid groups (broad SMARTS) is 1. The lowest BCUT2D eigenvalue weighted by Gasteiger charge is -2.39. The van der Waals surface area contributed by atoms with E-state index in [2.05, 4.69) is 10.2 Å². The first kappa shape index (κ1) is 23.0. The third-order valence-corrected chi connectivity index (χ3v) is 6.52. The summed E-state index contributed by atoms with van der Waals surface area (Å²) in [6, 6.07) is 5.35. The number of carbonyl (C=O) groups excluding carboxylic acids is 2. The first-order valence-electron chi connectivity index (χ1n) is 10.9. The highest BCUT2D eigenvalue weighted by Gasteiger charge is 2.33. The number of carboxylic acids is 1. The molecule has 9 heteroatoms. The average Bonchev–Trinajstić information content (AvgIpc) is 2.74. The number of nitrogens with two attached hydrogens (primary N) is 1. The average molecular weight is 435 g/mol. The molecule has 2 atom stereocenters. The molecule has 8 nitrogen and oxygen atoms in total. The zero-order chi connectivity index (χ0) is 22.4. The van der Waals surface area contributed by atoms with Gasteiger partial charge >= 0.3 is 12.0 Å². The molecule has 0 aromatic heterocycles. The van der Waals surface area contributed by atoms with Crippen LogP contribution in [0.2, 0.25) is 0 Å². The molecule has 0 spiro atoms. The highest BCUT2D eigenvalue weighted by atomic mass is 19.1. The summed E-state index contributed by atoms with van der Waals surface area (Å²) in [5.41, 5.74) is 5.92. The summed E-state index contributed by atoms with van der Waals surface area (Å²) in [4.78, 5) is 39.4.